The van der Waals surface area contributed by atoms with Crippen molar-refractivity contribution in [3.63, 3.8) is 0 Å². The molecular weight excluding hydrogens is 346 g/mol. The summed E-state index contributed by atoms with van der Waals surface area (Å²) in [5, 5.41) is 3.14. The Labute approximate surface area is 168 Å². The molecule has 0 saturated carbocycles. The number of rotatable bonds is 10. The van der Waals surface area contributed by atoms with Gasteiger partial charge in [0.15, 0.2) is 0 Å². The number of benzene rings is 1. The van der Waals surface area contributed by atoms with E-state index in [1.165, 1.54) is 30.4 Å². The molecule has 2 heterocycles. The average molecular weight is 378 g/mol. The summed E-state index contributed by atoms with van der Waals surface area (Å²) in [5.41, 5.74) is 4.29. The fraction of sp³-hybridized carbons (Fsp3) is 0.417. The Morgan fingerprint density at radius 3 is 2.61 bits per heavy atom. The normalized spacial score (nSPS) is 11.1. The first kappa shape index (κ1) is 20.1. The Balaban J connectivity index is 1.72. The van der Waals surface area contributed by atoms with Gasteiger partial charge in [-0.05, 0) is 49.4 Å². The van der Waals surface area contributed by atoms with Crippen LogP contribution >= 0.6 is 0 Å². The molecule has 0 aliphatic heterocycles. The molecule has 0 radical (unpaired) electrons. The molecule has 0 saturated heterocycles. The minimum atomic E-state index is 0.0832. The molecule has 0 spiro atoms. The Morgan fingerprint density at radius 2 is 1.82 bits per heavy atom. The third-order valence-electron chi connectivity index (χ3n) is 5.11. The molecule has 0 atom stereocenters. The summed E-state index contributed by atoms with van der Waals surface area (Å²) in [4.78, 5) is 17.3. The largest absolute Gasteiger partial charge is 0.310 e. The minimum Gasteiger partial charge on any atom is -0.310 e. The Morgan fingerprint density at radius 1 is 1.04 bits per heavy atom. The van der Waals surface area contributed by atoms with Gasteiger partial charge in [-0.1, -0.05) is 62.9 Å². The lowest BCUT2D eigenvalue weighted by molar-refractivity contribution is -0.116. The number of fused-ring (bicyclic) bond motifs is 1. The van der Waals surface area contributed by atoms with Crippen molar-refractivity contribution in [2.24, 2.45) is 0 Å². The standard InChI is InChI=1S/C24H31N3O/c1-3-4-5-6-10-13-23(28)26-24-21(15-14-20-11-8-7-9-12-20)25-22-18-19(2)16-17-27(22)24/h7-9,11-12,16-18H,3-6,10,13-15H2,1-2H3,(H,26,28). The Bertz CT molecular complexity index is 899. The molecule has 0 aliphatic carbocycles. The van der Waals surface area contributed by atoms with E-state index in [0.717, 1.165) is 42.8 Å². The molecule has 2 aromatic heterocycles. The maximum absolute atomic E-state index is 12.5. The van der Waals surface area contributed by atoms with Gasteiger partial charge < -0.3 is 5.32 Å². The highest BCUT2D eigenvalue weighted by atomic mass is 16.1. The zero-order chi connectivity index (χ0) is 19.8. The number of pyridine rings is 1. The molecule has 4 nitrogen and oxygen atoms in total. The summed E-state index contributed by atoms with van der Waals surface area (Å²) in [6.07, 6.45) is 10.0. The van der Waals surface area contributed by atoms with E-state index in [9.17, 15) is 4.79 Å². The number of carbonyl (C=O) groups excluding carboxylic acids is 1. The molecule has 1 aromatic carbocycles. The van der Waals surface area contributed by atoms with Gasteiger partial charge in [0.25, 0.3) is 0 Å². The van der Waals surface area contributed by atoms with Crippen molar-refractivity contribution in [2.75, 3.05) is 5.32 Å². The molecular formula is C24H31N3O. The van der Waals surface area contributed by atoms with Crippen molar-refractivity contribution >= 4 is 17.4 Å². The van der Waals surface area contributed by atoms with Crippen LogP contribution in [0, 0.1) is 6.92 Å². The third-order valence-corrected chi connectivity index (χ3v) is 5.11. The smallest absolute Gasteiger partial charge is 0.225 e. The molecule has 28 heavy (non-hydrogen) atoms. The number of imidazole rings is 1. The van der Waals surface area contributed by atoms with Gasteiger partial charge in [0.2, 0.25) is 5.91 Å². The first-order chi connectivity index (χ1) is 13.7. The Kier molecular flexibility index (Phi) is 7.24. The quantitative estimate of drug-likeness (QED) is 0.459. The molecule has 3 rings (SSSR count). The van der Waals surface area contributed by atoms with E-state index in [4.69, 9.17) is 4.98 Å². The van der Waals surface area contributed by atoms with Gasteiger partial charge in [-0.25, -0.2) is 4.98 Å². The van der Waals surface area contributed by atoms with Crippen molar-refractivity contribution < 1.29 is 4.79 Å². The summed E-state index contributed by atoms with van der Waals surface area (Å²) in [7, 11) is 0. The maximum Gasteiger partial charge on any atom is 0.225 e. The predicted octanol–water partition coefficient (Wildman–Crippen LogP) is 5.73. The lowest BCUT2D eigenvalue weighted by Gasteiger charge is -2.08. The molecule has 1 amide bonds. The van der Waals surface area contributed by atoms with E-state index in [1.807, 2.05) is 16.7 Å². The second-order valence-electron chi connectivity index (χ2n) is 7.54. The number of nitrogens with zero attached hydrogens (tertiary/aromatic N) is 2. The summed E-state index contributed by atoms with van der Waals surface area (Å²) < 4.78 is 2.00. The molecule has 1 N–H and O–H groups in total. The number of nitrogens with one attached hydrogen (secondary N) is 1. The van der Waals surface area contributed by atoms with Gasteiger partial charge in [0.05, 0.1) is 5.69 Å². The third kappa shape index (κ3) is 5.44. The van der Waals surface area contributed by atoms with Crippen LogP contribution in [0.25, 0.3) is 5.65 Å². The Hall–Kier alpha value is -2.62. The number of aryl methyl sites for hydroxylation is 3. The van der Waals surface area contributed by atoms with Crippen LogP contribution in [0.3, 0.4) is 0 Å². The molecule has 4 heteroatoms. The van der Waals surface area contributed by atoms with E-state index < -0.39 is 0 Å². The summed E-state index contributed by atoms with van der Waals surface area (Å²) in [5.74, 6) is 0.907. The minimum absolute atomic E-state index is 0.0832. The number of anilines is 1. The first-order valence-electron chi connectivity index (χ1n) is 10.5. The van der Waals surface area contributed by atoms with Gasteiger partial charge >= 0.3 is 0 Å². The van der Waals surface area contributed by atoms with Crippen molar-refractivity contribution in [2.45, 2.75) is 65.2 Å². The van der Waals surface area contributed by atoms with Crippen molar-refractivity contribution in [3.8, 4) is 0 Å². The highest BCUT2D eigenvalue weighted by Crippen LogP contribution is 2.22. The van der Waals surface area contributed by atoms with Crippen LogP contribution < -0.4 is 5.32 Å². The lowest BCUT2D eigenvalue weighted by Crippen LogP contribution is -2.14. The number of unbranched alkanes of at least 4 members (excludes halogenated alkanes) is 4. The second kappa shape index (κ2) is 10.1. The van der Waals surface area contributed by atoms with Gasteiger partial charge in [-0.2, -0.15) is 0 Å². The fourth-order valence-electron chi connectivity index (χ4n) is 3.49. The van der Waals surface area contributed by atoms with E-state index in [0.29, 0.717) is 6.42 Å². The van der Waals surface area contributed by atoms with E-state index >= 15 is 0 Å². The molecule has 3 aromatic rings. The lowest BCUT2D eigenvalue weighted by atomic mass is 10.1. The van der Waals surface area contributed by atoms with E-state index in [-0.39, 0.29) is 5.91 Å². The van der Waals surface area contributed by atoms with Crippen LogP contribution in [-0.2, 0) is 17.6 Å². The SMILES string of the molecule is CCCCCCCC(=O)Nc1c(CCc2ccccc2)nc2cc(C)ccn12. The van der Waals surface area contributed by atoms with Crippen LogP contribution in [-0.4, -0.2) is 15.3 Å². The maximum atomic E-state index is 12.5. The van der Waals surface area contributed by atoms with E-state index in [1.54, 1.807) is 0 Å². The van der Waals surface area contributed by atoms with Crippen LogP contribution in [0.15, 0.2) is 48.7 Å². The number of carbonyl (C=O) groups is 1. The highest BCUT2D eigenvalue weighted by Gasteiger charge is 2.15. The van der Waals surface area contributed by atoms with Crippen LogP contribution in [0.2, 0.25) is 0 Å². The number of hydrogen-bond donors (Lipinski definition) is 1. The van der Waals surface area contributed by atoms with Crippen LogP contribution in [0.5, 0.6) is 0 Å². The number of hydrogen-bond acceptors (Lipinski definition) is 2. The van der Waals surface area contributed by atoms with Crippen LogP contribution in [0.4, 0.5) is 5.82 Å². The molecule has 0 aliphatic rings. The summed E-state index contributed by atoms with van der Waals surface area (Å²) in [6, 6.07) is 14.5. The topological polar surface area (TPSA) is 46.4 Å². The van der Waals surface area contributed by atoms with Gasteiger partial charge in [0.1, 0.15) is 11.5 Å². The number of aromatic nitrogens is 2. The highest BCUT2D eigenvalue weighted by molar-refractivity contribution is 5.91. The van der Waals surface area contributed by atoms with Gasteiger partial charge in [0, 0.05) is 12.6 Å². The zero-order valence-electron chi connectivity index (χ0n) is 17.1. The fourth-order valence-corrected chi connectivity index (χ4v) is 3.49. The predicted molar refractivity (Wildman–Crippen MR) is 116 cm³/mol. The molecule has 0 fully saturated rings. The summed E-state index contributed by atoms with van der Waals surface area (Å²) >= 11 is 0. The summed E-state index contributed by atoms with van der Waals surface area (Å²) in [6.45, 7) is 4.27. The van der Waals surface area contributed by atoms with Crippen LogP contribution in [0.1, 0.15) is 62.3 Å². The van der Waals surface area contributed by atoms with Gasteiger partial charge in [-0.3, -0.25) is 9.20 Å². The van der Waals surface area contributed by atoms with E-state index in [2.05, 4.69) is 55.6 Å². The van der Waals surface area contributed by atoms with Gasteiger partial charge in [-0.15, -0.1) is 0 Å². The van der Waals surface area contributed by atoms with Crippen molar-refractivity contribution in [1.29, 1.82) is 0 Å². The zero-order valence-corrected chi connectivity index (χ0v) is 17.1. The monoisotopic (exact) mass is 377 g/mol. The molecule has 0 bridgehead atoms. The average Bonchev–Trinajstić information content (AvgIpc) is 3.03. The molecule has 0 unspecified atom stereocenters. The van der Waals surface area contributed by atoms with Crippen molar-refractivity contribution in [1.82, 2.24) is 9.38 Å². The second-order valence-corrected chi connectivity index (χ2v) is 7.54. The first-order valence-corrected chi connectivity index (χ1v) is 10.5. The number of amides is 1. The van der Waals surface area contributed by atoms with Crippen molar-refractivity contribution in [3.05, 3.63) is 65.5 Å². The molecule has 148 valence electrons.